The molecule has 4 nitrogen and oxygen atoms in total. The molecule has 3 fully saturated rings. The number of furan rings is 1. The fourth-order valence-corrected chi connectivity index (χ4v) is 9.30. The molecule has 1 aromatic heterocycles. The predicted molar refractivity (Wildman–Crippen MR) is 122 cm³/mol. The van der Waals surface area contributed by atoms with E-state index in [9.17, 15) is 4.79 Å². The van der Waals surface area contributed by atoms with Crippen molar-refractivity contribution in [3.8, 4) is 0 Å². The van der Waals surface area contributed by atoms with Crippen LogP contribution < -0.4 is 0 Å². The molecule has 0 bridgehead atoms. The molecule has 1 aliphatic heterocycles. The van der Waals surface area contributed by atoms with Gasteiger partial charge in [-0.1, -0.05) is 45.4 Å². The van der Waals surface area contributed by atoms with Crippen LogP contribution in [0.25, 0.3) is 0 Å². The Bertz CT molecular complexity index is 1010. The Kier molecular flexibility index (Phi) is 4.23. The summed E-state index contributed by atoms with van der Waals surface area (Å²) in [5.74, 6) is 1.11. The third kappa shape index (κ3) is 2.24. The third-order valence-corrected chi connectivity index (χ3v) is 10.5. The van der Waals surface area contributed by atoms with Crippen LogP contribution >= 0.6 is 0 Å². The molecule has 4 heteroatoms. The Hall–Kier alpha value is -1.65. The summed E-state index contributed by atoms with van der Waals surface area (Å²) in [6, 6.07) is 2.13. The average Bonchev–Trinajstić information content (AvgIpc) is 3.47. The standard InChI is InChI=1S/C28H36O4/c1-6-31-24-22-23-25(2,16-32-22)12-10-21(29)28(23,5)20-9-13-26(3)18(17-11-14-30-15-17)7-8-19(26)27(20,24)4/h8,10-12,14-15,18,20,22-24H,6-7,9,13,16H2,1-5H3/t18-,20-,22+,23-,24-,25-,26-,27-,28-/m0/s1. The molecule has 2 heterocycles. The van der Waals surface area contributed by atoms with E-state index in [1.165, 1.54) is 11.1 Å². The third-order valence-electron chi connectivity index (χ3n) is 10.5. The Morgan fingerprint density at radius 1 is 1.19 bits per heavy atom. The quantitative estimate of drug-likeness (QED) is 0.570. The molecule has 4 aliphatic carbocycles. The summed E-state index contributed by atoms with van der Waals surface area (Å²) < 4.78 is 18.7. The Labute approximate surface area is 191 Å². The highest BCUT2D eigenvalue weighted by atomic mass is 16.5. The topological polar surface area (TPSA) is 48.7 Å². The van der Waals surface area contributed by atoms with Crippen LogP contribution in [0.3, 0.4) is 0 Å². The van der Waals surface area contributed by atoms with Gasteiger partial charge in [-0.2, -0.15) is 0 Å². The summed E-state index contributed by atoms with van der Waals surface area (Å²) in [5.41, 5.74) is 2.06. The van der Waals surface area contributed by atoms with Gasteiger partial charge in [-0.25, -0.2) is 0 Å². The molecule has 1 aromatic rings. The molecule has 0 N–H and O–H groups in total. The van der Waals surface area contributed by atoms with Gasteiger partial charge in [-0.3, -0.25) is 4.79 Å². The van der Waals surface area contributed by atoms with Crippen LogP contribution in [0.2, 0.25) is 0 Å². The van der Waals surface area contributed by atoms with Crippen molar-refractivity contribution in [3.63, 3.8) is 0 Å². The van der Waals surface area contributed by atoms with E-state index in [-0.39, 0.29) is 46.1 Å². The SMILES string of the molecule is CCO[C@H]1[C@@H]2OC[C@]3(C)C=CC(=O)[C@](C)([C@H]4CC[C@]5(C)C(=CC[C@H]5c5ccoc5)[C@@]41C)[C@@H]23. The molecule has 0 aromatic carbocycles. The van der Waals surface area contributed by atoms with Crippen LogP contribution in [0.5, 0.6) is 0 Å². The Balaban J connectivity index is 1.53. The second kappa shape index (κ2) is 6.48. The van der Waals surface area contributed by atoms with E-state index >= 15 is 0 Å². The van der Waals surface area contributed by atoms with Crippen molar-refractivity contribution < 1.29 is 18.7 Å². The number of hydrogen-bond acceptors (Lipinski definition) is 4. The summed E-state index contributed by atoms with van der Waals surface area (Å²) in [5, 5.41) is 0. The van der Waals surface area contributed by atoms with Gasteiger partial charge in [0.05, 0.1) is 31.3 Å². The summed E-state index contributed by atoms with van der Waals surface area (Å²) >= 11 is 0. The monoisotopic (exact) mass is 436 g/mol. The number of hydrogen-bond donors (Lipinski definition) is 0. The van der Waals surface area contributed by atoms with E-state index in [4.69, 9.17) is 13.9 Å². The maximum absolute atomic E-state index is 13.7. The second-order valence-corrected chi connectivity index (χ2v) is 11.9. The number of carbonyl (C=O) groups excluding carboxylic acids is 1. The van der Waals surface area contributed by atoms with Gasteiger partial charge in [0.15, 0.2) is 5.78 Å². The van der Waals surface area contributed by atoms with Gasteiger partial charge in [-0.05, 0) is 61.1 Å². The number of allylic oxidation sites excluding steroid dienone is 2. The van der Waals surface area contributed by atoms with E-state index in [1.807, 2.05) is 12.3 Å². The molecule has 0 unspecified atom stereocenters. The minimum Gasteiger partial charge on any atom is -0.472 e. The molecular formula is C28H36O4. The van der Waals surface area contributed by atoms with E-state index < -0.39 is 5.41 Å². The summed E-state index contributed by atoms with van der Waals surface area (Å²) in [6.07, 6.45) is 13.2. The number of carbonyl (C=O) groups is 1. The number of ether oxygens (including phenoxy) is 2. The lowest BCUT2D eigenvalue weighted by Crippen LogP contribution is -2.69. The van der Waals surface area contributed by atoms with Crippen LogP contribution in [-0.4, -0.2) is 31.2 Å². The smallest absolute Gasteiger partial charge is 0.161 e. The van der Waals surface area contributed by atoms with Crippen molar-refractivity contribution in [1.82, 2.24) is 0 Å². The van der Waals surface area contributed by atoms with Crippen molar-refractivity contribution in [2.45, 2.75) is 72.0 Å². The van der Waals surface area contributed by atoms with Crippen molar-refractivity contribution in [2.75, 3.05) is 13.2 Å². The van der Waals surface area contributed by atoms with E-state index in [1.54, 1.807) is 6.26 Å². The zero-order valence-corrected chi connectivity index (χ0v) is 20.0. The maximum Gasteiger partial charge on any atom is 0.161 e. The Morgan fingerprint density at radius 2 is 2.00 bits per heavy atom. The number of fused-ring (bicyclic) bond motifs is 4. The van der Waals surface area contributed by atoms with Crippen LogP contribution in [0.4, 0.5) is 0 Å². The van der Waals surface area contributed by atoms with Crippen LogP contribution in [0, 0.1) is 33.5 Å². The minimum absolute atomic E-state index is 0.0364. The fourth-order valence-electron chi connectivity index (χ4n) is 9.30. The molecule has 172 valence electrons. The van der Waals surface area contributed by atoms with Crippen LogP contribution in [-0.2, 0) is 14.3 Å². The largest absolute Gasteiger partial charge is 0.472 e. The fraction of sp³-hybridized carbons (Fsp3) is 0.679. The molecule has 9 atom stereocenters. The molecular weight excluding hydrogens is 400 g/mol. The molecule has 6 rings (SSSR count). The molecule has 32 heavy (non-hydrogen) atoms. The first-order valence-corrected chi connectivity index (χ1v) is 12.4. The van der Waals surface area contributed by atoms with Gasteiger partial charge < -0.3 is 13.9 Å². The van der Waals surface area contributed by atoms with Gasteiger partial charge >= 0.3 is 0 Å². The highest BCUT2D eigenvalue weighted by molar-refractivity contribution is 5.97. The average molecular weight is 437 g/mol. The lowest BCUT2D eigenvalue weighted by atomic mass is 9.38. The van der Waals surface area contributed by atoms with Crippen LogP contribution in [0.15, 0.2) is 46.8 Å². The molecule has 0 spiro atoms. The highest BCUT2D eigenvalue weighted by Gasteiger charge is 2.74. The van der Waals surface area contributed by atoms with Crippen molar-refractivity contribution in [2.24, 2.45) is 33.5 Å². The van der Waals surface area contributed by atoms with Gasteiger partial charge in [0, 0.05) is 28.8 Å². The first kappa shape index (κ1) is 20.9. The summed E-state index contributed by atoms with van der Waals surface area (Å²) in [6.45, 7) is 12.8. The summed E-state index contributed by atoms with van der Waals surface area (Å²) in [4.78, 5) is 13.7. The number of ketones is 1. The zero-order chi connectivity index (χ0) is 22.5. The molecule has 2 saturated carbocycles. The van der Waals surface area contributed by atoms with E-state index in [0.717, 1.165) is 19.3 Å². The van der Waals surface area contributed by atoms with Crippen molar-refractivity contribution in [3.05, 3.63) is 48.0 Å². The van der Waals surface area contributed by atoms with E-state index in [2.05, 4.69) is 52.8 Å². The predicted octanol–water partition coefficient (Wildman–Crippen LogP) is 5.70. The molecule has 1 saturated heterocycles. The first-order chi connectivity index (χ1) is 15.2. The van der Waals surface area contributed by atoms with Crippen molar-refractivity contribution >= 4 is 5.78 Å². The van der Waals surface area contributed by atoms with Gasteiger partial charge in [0.2, 0.25) is 0 Å². The normalized spacial score (nSPS) is 51.2. The summed E-state index contributed by atoms with van der Waals surface area (Å²) in [7, 11) is 0. The van der Waals surface area contributed by atoms with Gasteiger partial charge in [0.1, 0.15) is 0 Å². The van der Waals surface area contributed by atoms with Gasteiger partial charge in [0.25, 0.3) is 0 Å². The van der Waals surface area contributed by atoms with E-state index in [0.29, 0.717) is 19.1 Å². The second-order valence-electron chi connectivity index (χ2n) is 11.9. The van der Waals surface area contributed by atoms with Crippen LogP contribution in [0.1, 0.15) is 65.4 Å². The molecule has 0 amide bonds. The maximum atomic E-state index is 13.7. The minimum atomic E-state index is -0.428. The number of rotatable bonds is 3. The first-order valence-electron chi connectivity index (χ1n) is 12.4. The van der Waals surface area contributed by atoms with Gasteiger partial charge in [-0.15, -0.1) is 0 Å². The highest BCUT2D eigenvalue weighted by Crippen LogP contribution is 2.74. The van der Waals surface area contributed by atoms with Crippen molar-refractivity contribution in [1.29, 1.82) is 0 Å². The molecule has 0 radical (unpaired) electrons. The lowest BCUT2D eigenvalue weighted by Gasteiger charge is -2.66. The lowest BCUT2D eigenvalue weighted by molar-refractivity contribution is -0.212. The zero-order valence-electron chi connectivity index (χ0n) is 20.0. The molecule has 5 aliphatic rings. The Morgan fingerprint density at radius 3 is 2.72 bits per heavy atom.